The first-order chi connectivity index (χ1) is 10.8. The van der Waals surface area contributed by atoms with Crippen molar-refractivity contribution in [1.29, 1.82) is 0 Å². The third kappa shape index (κ3) is 4.89. The van der Waals surface area contributed by atoms with Gasteiger partial charge in [0, 0.05) is 32.3 Å². The molecule has 8 nitrogen and oxygen atoms in total. The van der Waals surface area contributed by atoms with Gasteiger partial charge in [-0.05, 0) is 25.7 Å². The van der Waals surface area contributed by atoms with Gasteiger partial charge in [-0.15, -0.1) is 0 Å². The molecule has 132 valence electrons. The summed E-state index contributed by atoms with van der Waals surface area (Å²) in [5.41, 5.74) is 0. The van der Waals surface area contributed by atoms with Gasteiger partial charge >= 0.3 is 5.97 Å². The second kappa shape index (κ2) is 7.59. The largest absolute Gasteiger partial charge is 0.480 e. The summed E-state index contributed by atoms with van der Waals surface area (Å²) in [4.78, 5) is 25.3. The maximum absolute atomic E-state index is 12.8. The van der Waals surface area contributed by atoms with Crippen molar-refractivity contribution in [2.75, 3.05) is 39.1 Å². The number of aliphatic carboxylic acids is 1. The van der Waals surface area contributed by atoms with Gasteiger partial charge in [-0.3, -0.25) is 9.59 Å². The Labute approximate surface area is 136 Å². The Balaban J connectivity index is 2.10. The molecule has 1 N–H and O–H groups in total. The van der Waals surface area contributed by atoms with Crippen molar-refractivity contribution in [3.63, 3.8) is 0 Å². The van der Waals surface area contributed by atoms with E-state index in [2.05, 4.69) is 0 Å². The summed E-state index contributed by atoms with van der Waals surface area (Å²) in [6.07, 6.45) is 3.55. The van der Waals surface area contributed by atoms with Crippen molar-refractivity contribution in [3.05, 3.63) is 0 Å². The van der Waals surface area contributed by atoms with Crippen molar-refractivity contribution >= 4 is 21.9 Å². The lowest BCUT2D eigenvalue weighted by molar-refractivity contribution is -0.150. The molecule has 0 aliphatic carbocycles. The molecule has 0 saturated carbocycles. The maximum atomic E-state index is 12.8. The highest BCUT2D eigenvalue weighted by atomic mass is 32.2. The predicted molar refractivity (Wildman–Crippen MR) is 82.3 cm³/mol. The molecule has 2 saturated heterocycles. The van der Waals surface area contributed by atoms with E-state index in [-0.39, 0.29) is 25.0 Å². The minimum absolute atomic E-state index is 0.136. The zero-order valence-electron chi connectivity index (χ0n) is 13.3. The molecule has 2 aliphatic rings. The molecule has 9 heteroatoms. The molecule has 0 aromatic carbocycles. The Morgan fingerprint density at radius 3 is 2.48 bits per heavy atom. The van der Waals surface area contributed by atoms with Gasteiger partial charge in [-0.1, -0.05) is 0 Å². The quantitative estimate of drug-likeness (QED) is 0.735. The van der Waals surface area contributed by atoms with Gasteiger partial charge < -0.3 is 14.7 Å². The molecule has 2 aliphatic heterocycles. The molecular formula is C14H24N2O6S. The van der Waals surface area contributed by atoms with Gasteiger partial charge in [-0.2, -0.15) is 0 Å². The monoisotopic (exact) mass is 348 g/mol. The highest BCUT2D eigenvalue weighted by Gasteiger charge is 2.36. The number of carbonyl (C=O) groups is 2. The lowest BCUT2D eigenvalue weighted by Gasteiger charge is -2.38. The molecule has 0 radical (unpaired) electrons. The van der Waals surface area contributed by atoms with Crippen LogP contribution in [0.15, 0.2) is 0 Å². The minimum Gasteiger partial charge on any atom is -0.480 e. The smallest absolute Gasteiger partial charge is 0.323 e. The van der Waals surface area contributed by atoms with Crippen LogP contribution in [0.3, 0.4) is 0 Å². The molecule has 0 aromatic heterocycles. The van der Waals surface area contributed by atoms with E-state index >= 15 is 0 Å². The van der Waals surface area contributed by atoms with Crippen molar-refractivity contribution in [2.24, 2.45) is 5.92 Å². The van der Waals surface area contributed by atoms with Gasteiger partial charge in [0.25, 0.3) is 0 Å². The highest BCUT2D eigenvalue weighted by molar-refractivity contribution is 7.88. The molecule has 23 heavy (non-hydrogen) atoms. The fraction of sp³-hybridized carbons (Fsp3) is 0.857. The second-order valence-corrected chi connectivity index (χ2v) is 8.15. The molecule has 2 heterocycles. The van der Waals surface area contributed by atoms with Crippen molar-refractivity contribution < 1.29 is 27.9 Å². The van der Waals surface area contributed by atoms with Crippen LogP contribution in [0.4, 0.5) is 0 Å². The van der Waals surface area contributed by atoms with E-state index in [4.69, 9.17) is 9.84 Å². The number of carboxylic acid groups (broad SMARTS) is 1. The van der Waals surface area contributed by atoms with Crippen LogP contribution in [0.5, 0.6) is 0 Å². The molecule has 0 spiro atoms. The maximum Gasteiger partial charge on any atom is 0.323 e. The standard InChI is InChI=1S/C14H24N2O6S/c1-23(20,21)15-6-2-3-11(9-15)14(19)16(10-13(17)18)12-4-7-22-8-5-12/h11-12H,2-10H2,1H3,(H,17,18)/t11-/m1/s1. The van der Waals surface area contributed by atoms with Crippen LogP contribution in [-0.2, 0) is 24.3 Å². The third-order valence-electron chi connectivity index (χ3n) is 4.42. The minimum atomic E-state index is -3.34. The summed E-state index contributed by atoms with van der Waals surface area (Å²) >= 11 is 0. The zero-order valence-corrected chi connectivity index (χ0v) is 14.1. The van der Waals surface area contributed by atoms with Crippen LogP contribution < -0.4 is 0 Å². The lowest BCUT2D eigenvalue weighted by atomic mass is 9.96. The van der Waals surface area contributed by atoms with Crippen LogP contribution >= 0.6 is 0 Å². The van der Waals surface area contributed by atoms with Gasteiger partial charge in [0.2, 0.25) is 15.9 Å². The molecule has 1 amide bonds. The lowest BCUT2D eigenvalue weighted by Crippen LogP contribution is -2.52. The Morgan fingerprint density at radius 1 is 1.26 bits per heavy atom. The molecule has 2 fully saturated rings. The Hall–Kier alpha value is -1.19. The van der Waals surface area contributed by atoms with Crippen molar-refractivity contribution in [2.45, 2.75) is 31.7 Å². The van der Waals surface area contributed by atoms with Gasteiger partial charge in [0.1, 0.15) is 6.54 Å². The Bertz CT molecular complexity index is 543. The number of ether oxygens (including phenoxy) is 1. The zero-order chi connectivity index (χ0) is 17.0. The van der Waals surface area contributed by atoms with Crippen LogP contribution in [0.25, 0.3) is 0 Å². The Morgan fingerprint density at radius 2 is 1.91 bits per heavy atom. The van der Waals surface area contributed by atoms with E-state index in [9.17, 15) is 18.0 Å². The van der Waals surface area contributed by atoms with E-state index in [1.807, 2.05) is 0 Å². The first-order valence-electron chi connectivity index (χ1n) is 7.84. The average Bonchev–Trinajstić information content (AvgIpc) is 2.52. The Kier molecular flexibility index (Phi) is 5.99. The first kappa shape index (κ1) is 18.2. The predicted octanol–water partition coefficient (Wildman–Crippen LogP) is -0.250. The summed E-state index contributed by atoms with van der Waals surface area (Å²) in [6, 6.07) is -0.152. The molecule has 0 unspecified atom stereocenters. The summed E-state index contributed by atoms with van der Waals surface area (Å²) in [5, 5.41) is 9.11. The fourth-order valence-corrected chi connectivity index (χ4v) is 4.12. The molecule has 1 atom stereocenters. The molecular weight excluding hydrogens is 324 g/mol. The number of rotatable bonds is 5. The first-order valence-corrected chi connectivity index (χ1v) is 9.69. The number of piperidine rings is 1. The van der Waals surface area contributed by atoms with Crippen molar-refractivity contribution in [3.8, 4) is 0 Å². The van der Waals surface area contributed by atoms with Gasteiger partial charge in [-0.25, -0.2) is 12.7 Å². The number of amides is 1. The van der Waals surface area contributed by atoms with Crippen molar-refractivity contribution in [1.82, 2.24) is 9.21 Å². The van der Waals surface area contributed by atoms with Crippen LogP contribution in [-0.4, -0.2) is 79.8 Å². The van der Waals surface area contributed by atoms with E-state index in [1.165, 1.54) is 9.21 Å². The second-order valence-electron chi connectivity index (χ2n) is 6.16. The summed E-state index contributed by atoms with van der Waals surface area (Å²) in [7, 11) is -3.34. The third-order valence-corrected chi connectivity index (χ3v) is 5.69. The molecule has 2 rings (SSSR count). The SMILES string of the molecule is CS(=O)(=O)N1CCC[C@@H](C(=O)N(CC(=O)O)C2CCOCC2)C1. The summed E-state index contributed by atoms with van der Waals surface area (Å²) in [5.74, 6) is -1.78. The highest BCUT2D eigenvalue weighted by Crippen LogP contribution is 2.24. The number of sulfonamides is 1. The normalized spacial score (nSPS) is 24.3. The molecule has 0 aromatic rings. The van der Waals surface area contributed by atoms with E-state index in [0.717, 1.165) is 6.26 Å². The van der Waals surface area contributed by atoms with Crippen LogP contribution in [0, 0.1) is 5.92 Å². The number of nitrogens with zero attached hydrogens (tertiary/aromatic N) is 2. The van der Waals surface area contributed by atoms with Gasteiger partial charge in [0.05, 0.1) is 12.2 Å². The van der Waals surface area contributed by atoms with E-state index in [0.29, 0.717) is 45.4 Å². The fourth-order valence-electron chi connectivity index (χ4n) is 3.21. The van der Waals surface area contributed by atoms with Crippen LogP contribution in [0.1, 0.15) is 25.7 Å². The summed E-state index contributed by atoms with van der Waals surface area (Å²) in [6.45, 7) is 1.22. The number of hydrogen-bond acceptors (Lipinski definition) is 5. The van der Waals surface area contributed by atoms with Gasteiger partial charge in [0.15, 0.2) is 0 Å². The summed E-state index contributed by atoms with van der Waals surface area (Å²) < 4.78 is 30.0. The average molecular weight is 348 g/mol. The number of hydrogen-bond donors (Lipinski definition) is 1. The van der Waals surface area contributed by atoms with Crippen LogP contribution in [0.2, 0.25) is 0 Å². The van der Waals surface area contributed by atoms with E-state index in [1.54, 1.807) is 0 Å². The number of carboxylic acids is 1. The number of carbonyl (C=O) groups excluding carboxylic acids is 1. The topological polar surface area (TPSA) is 104 Å². The van der Waals surface area contributed by atoms with E-state index < -0.39 is 21.9 Å². The molecule has 0 bridgehead atoms.